The lowest BCUT2D eigenvalue weighted by atomic mass is 10.0. The van der Waals surface area contributed by atoms with Gasteiger partial charge in [-0.1, -0.05) is 72.8 Å². The van der Waals surface area contributed by atoms with E-state index in [1.54, 1.807) is 22.4 Å². The Balaban J connectivity index is 1.28. The smallest absolute Gasteiger partial charge is 0.338 e. The van der Waals surface area contributed by atoms with Crippen LogP contribution in [0.3, 0.4) is 0 Å². The van der Waals surface area contributed by atoms with E-state index in [0.29, 0.717) is 25.1 Å². The van der Waals surface area contributed by atoms with Crippen LogP contribution in [-0.2, 0) is 35.3 Å². The number of amides is 2. The van der Waals surface area contributed by atoms with Crippen LogP contribution in [0.15, 0.2) is 126 Å². The van der Waals surface area contributed by atoms with Gasteiger partial charge in [-0.05, 0) is 69.4 Å². The quantitative estimate of drug-likeness (QED) is 0.132. The molecule has 1 aliphatic rings. The summed E-state index contributed by atoms with van der Waals surface area (Å²) >= 11 is 1.67. The Kier molecular flexibility index (Phi) is 11.2. The minimum atomic E-state index is -4.46. The third-order valence-electron chi connectivity index (χ3n) is 8.81. The van der Waals surface area contributed by atoms with Crippen molar-refractivity contribution < 1.29 is 22.8 Å². The lowest BCUT2D eigenvalue weighted by Gasteiger charge is -2.39. The van der Waals surface area contributed by atoms with Gasteiger partial charge in [0.1, 0.15) is 6.04 Å². The molecule has 3 heterocycles. The SMILES string of the molecule is O=C(C(Cc1ccccc1)N(Cc1ccc(-c2ccccn2)cc1)C(=O)C=Cc1ccc(C(F)(F)F)cc1)N1CCN(Cc2ccsc2)CC1. The van der Waals surface area contributed by atoms with E-state index >= 15 is 0 Å². The highest BCUT2D eigenvalue weighted by atomic mass is 32.1. The second kappa shape index (κ2) is 16.1. The van der Waals surface area contributed by atoms with Gasteiger partial charge in [-0.2, -0.15) is 24.5 Å². The number of benzene rings is 3. The number of hydrogen-bond acceptors (Lipinski definition) is 5. The maximum absolute atomic E-state index is 14.5. The molecule has 1 fully saturated rings. The summed E-state index contributed by atoms with van der Waals surface area (Å²) < 4.78 is 39.5. The maximum Gasteiger partial charge on any atom is 0.416 e. The summed E-state index contributed by atoms with van der Waals surface area (Å²) in [6, 6.07) is 29.0. The van der Waals surface area contributed by atoms with E-state index in [0.717, 1.165) is 54.2 Å². The monoisotopic (exact) mass is 694 g/mol. The topological polar surface area (TPSA) is 56.8 Å². The number of nitrogens with zero attached hydrogens (tertiary/aromatic N) is 4. The van der Waals surface area contributed by atoms with E-state index in [4.69, 9.17) is 0 Å². The van der Waals surface area contributed by atoms with E-state index in [1.165, 1.54) is 29.8 Å². The van der Waals surface area contributed by atoms with Crippen LogP contribution in [0.5, 0.6) is 0 Å². The highest BCUT2D eigenvalue weighted by Gasteiger charge is 2.34. The van der Waals surface area contributed by atoms with Crippen LogP contribution in [0.25, 0.3) is 17.3 Å². The Morgan fingerprint density at radius 3 is 2.18 bits per heavy atom. The largest absolute Gasteiger partial charge is 0.416 e. The Hall–Kier alpha value is -5.06. The average Bonchev–Trinajstić information content (AvgIpc) is 3.66. The summed E-state index contributed by atoms with van der Waals surface area (Å²) in [5.74, 6) is -0.547. The first-order valence-electron chi connectivity index (χ1n) is 16.5. The van der Waals surface area contributed by atoms with Crippen LogP contribution < -0.4 is 0 Å². The molecule has 1 atom stereocenters. The zero-order valence-corrected chi connectivity index (χ0v) is 28.2. The van der Waals surface area contributed by atoms with Crippen molar-refractivity contribution in [2.24, 2.45) is 0 Å². The first kappa shape index (κ1) is 34.8. The van der Waals surface area contributed by atoms with Gasteiger partial charge in [-0.15, -0.1) is 0 Å². The number of hydrogen-bond donors (Lipinski definition) is 0. The Morgan fingerprint density at radius 2 is 1.54 bits per heavy atom. The number of carbonyl (C=O) groups excluding carboxylic acids is 2. The van der Waals surface area contributed by atoms with Gasteiger partial charge in [0.15, 0.2) is 0 Å². The van der Waals surface area contributed by atoms with Gasteiger partial charge >= 0.3 is 6.18 Å². The summed E-state index contributed by atoms with van der Waals surface area (Å²) in [6.45, 7) is 3.49. The van der Waals surface area contributed by atoms with Crippen molar-refractivity contribution in [3.8, 4) is 11.3 Å². The van der Waals surface area contributed by atoms with Crippen molar-refractivity contribution in [1.82, 2.24) is 19.7 Å². The van der Waals surface area contributed by atoms with E-state index in [1.807, 2.05) is 77.7 Å². The van der Waals surface area contributed by atoms with Gasteiger partial charge in [0.2, 0.25) is 11.8 Å². The van der Waals surface area contributed by atoms with E-state index in [2.05, 4.69) is 26.7 Å². The fourth-order valence-electron chi connectivity index (χ4n) is 6.05. The van der Waals surface area contributed by atoms with Gasteiger partial charge in [0, 0.05) is 63.5 Å². The van der Waals surface area contributed by atoms with E-state index in [9.17, 15) is 22.8 Å². The van der Waals surface area contributed by atoms with Crippen molar-refractivity contribution in [1.29, 1.82) is 0 Å². The average molecular weight is 695 g/mol. The first-order chi connectivity index (χ1) is 24.2. The first-order valence-corrected chi connectivity index (χ1v) is 17.4. The second-order valence-corrected chi connectivity index (χ2v) is 13.0. The summed E-state index contributed by atoms with van der Waals surface area (Å²) in [5.41, 5.74) is 4.42. The molecular weight excluding hydrogens is 658 g/mol. The van der Waals surface area contributed by atoms with Crippen molar-refractivity contribution in [2.45, 2.75) is 31.7 Å². The molecule has 0 bridgehead atoms. The number of rotatable bonds is 11. The van der Waals surface area contributed by atoms with Gasteiger partial charge in [-0.3, -0.25) is 19.5 Å². The molecule has 6 rings (SSSR count). The lowest BCUT2D eigenvalue weighted by Crippen LogP contribution is -2.56. The number of halogens is 3. The molecule has 10 heteroatoms. The van der Waals surface area contributed by atoms with E-state index < -0.39 is 23.7 Å². The Morgan fingerprint density at radius 1 is 0.820 bits per heavy atom. The highest BCUT2D eigenvalue weighted by Crippen LogP contribution is 2.29. The number of thiophene rings is 1. The molecule has 3 aromatic carbocycles. The molecule has 1 saturated heterocycles. The molecule has 0 saturated carbocycles. The maximum atomic E-state index is 14.5. The standard InChI is InChI=1S/C40H37F3N4O2S/c41-40(42,43)35-16-11-30(12-17-35)13-18-38(48)47(28-32-9-14-34(15-10-32)36-8-4-5-20-44-36)37(26-31-6-2-1-3-7-31)39(49)46-23-21-45(22-24-46)27-33-19-25-50-29-33/h1-20,25,29,37H,21-24,26-28H2. The molecule has 2 amide bonds. The zero-order valence-electron chi connectivity index (χ0n) is 27.4. The zero-order chi connectivity index (χ0) is 34.9. The molecule has 256 valence electrons. The van der Waals surface area contributed by atoms with Gasteiger partial charge in [0.05, 0.1) is 11.3 Å². The number of piperazine rings is 1. The molecule has 2 aromatic heterocycles. The molecule has 0 spiro atoms. The van der Waals surface area contributed by atoms with Crippen molar-refractivity contribution in [2.75, 3.05) is 26.2 Å². The molecule has 1 aliphatic heterocycles. The molecule has 50 heavy (non-hydrogen) atoms. The molecule has 0 aliphatic carbocycles. The summed E-state index contributed by atoms with van der Waals surface area (Å²) in [5, 5.41) is 4.20. The number of carbonyl (C=O) groups is 2. The van der Waals surface area contributed by atoms with Gasteiger partial charge < -0.3 is 9.80 Å². The molecule has 0 radical (unpaired) electrons. The van der Waals surface area contributed by atoms with Gasteiger partial charge in [-0.25, -0.2) is 0 Å². The minimum Gasteiger partial charge on any atom is -0.338 e. The predicted octanol–water partition coefficient (Wildman–Crippen LogP) is 7.83. The van der Waals surface area contributed by atoms with Gasteiger partial charge in [0.25, 0.3) is 0 Å². The fraction of sp³-hybridized carbons (Fsp3) is 0.225. The van der Waals surface area contributed by atoms with Crippen LogP contribution in [0.4, 0.5) is 13.2 Å². The molecule has 0 N–H and O–H groups in total. The third-order valence-corrected chi connectivity index (χ3v) is 9.54. The number of pyridine rings is 1. The number of aromatic nitrogens is 1. The minimum absolute atomic E-state index is 0.134. The summed E-state index contributed by atoms with van der Waals surface area (Å²) in [4.78, 5) is 38.8. The van der Waals surface area contributed by atoms with Crippen LogP contribution in [0.2, 0.25) is 0 Å². The molecule has 5 aromatic rings. The second-order valence-electron chi connectivity index (χ2n) is 12.3. The van der Waals surface area contributed by atoms with E-state index in [-0.39, 0.29) is 12.5 Å². The molecule has 6 nitrogen and oxygen atoms in total. The fourth-order valence-corrected chi connectivity index (χ4v) is 6.71. The molecule has 1 unspecified atom stereocenters. The summed E-state index contributed by atoms with van der Waals surface area (Å²) in [7, 11) is 0. The number of alkyl halides is 3. The highest BCUT2D eigenvalue weighted by molar-refractivity contribution is 7.07. The normalized spacial score (nSPS) is 14.5. The van der Waals surface area contributed by atoms with Crippen molar-refractivity contribution in [3.05, 3.63) is 154 Å². The predicted molar refractivity (Wildman–Crippen MR) is 191 cm³/mol. The van der Waals surface area contributed by atoms with Crippen molar-refractivity contribution in [3.63, 3.8) is 0 Å². The Bertz CT molecular complexity index is 1860. The summed E-state index contributed by atoms with van der Waals surface area (Å²) in [6.07, 6.45) is 0.415. The third kappa shape index (κ3) is 9.13. The van der Waals surface area contributed by atoms with Crippen LogP contribution in [-0.4, -0.2) is 63.7 Å². The van der Waals surface area contributed by atoms with Crippen LogP contribution >= 0.6 is 11.3 Å². The van der Waals surface area contributed by atoms with Crippen molar-refractivity contribution >= 4 is 29.2 Å². The van der Waals surface area contributed by atoms with Crippen LogP contribution in [0.1, 0.15) is 27.8 Å². The molecular formula is C40H37F3N4O2S. The van der Waals surface area contributed by atoms with Crippen LogP contribution in [0, 0.1) is 0 Å². The lowest BCUT2D eigenvalue weighted by molar-refractivity contribution is -0.145. The Labute approximate surface area is 294 Å².